The van der Waals surface area contributed by atoms with Crippen LogP contribution < -0.4 is 10.6 Å². The van der Waals surface area contributed by atoms with E-state index in [4.69, 9.17) is 0 Å². The molecule has 0 aliphatic carbocycles. The molecule has 0 aliphatic rings. The van der Waals surface area contributed by atoms with Gasteiger partial charge < -0.3 is 10.6 Å². The molecule has 0 fully saturated rings. The quantitative estimate of drug-likeness (QED) is 0.216. The molecule has 0 spiro atoms. The van der Waals surface area contributed by atoms with Crippen LogP contribution in [0.25, 0.3) is 0 Å². The van der Waals surface area contributed by atoms with Crippen molar-refractivity contribution in [1.82, 2.24) is 10.6 Å². The highest BCUT2D eigenvalue weighted by Crippen LogP contribution is 2.20. The minimum atomic E-state index is -4.82. The van der Waals surface area contributed by atoms with Gasteiger partial charge >= 0.3 is 18.3 Å². The SMILES string of the molecule is O=C(CCCCCCCCCCCCCNCCCNC(=O)C(F)(F)F)C(F)(F)F. The Kier molecular flexibility index (Phi) is 15.7. The van der Waals surface area contributed by atoms with Gasteiger partial charge in [-0.15, -0.1) is 0 Å². The first-order chi connectivity index (χ1) is 14.0. The molecule has 0 rings (SSSR count). The van der Waals surface area contributed by atoms with Crippen molar-refractivity contribution in [2.45, 2.75) is 95.8 Å². The van der Waals surface area contributed by atoms with E-state index in [-0.39, 0.29) is 6.54 Å². The number of amides is 1. The zero-order valence-electron chi connectivity index (χ0n) is 17.4. The van der Waals surface area contributed by atoms with Crippen LogP contribution in [0.1, 0.15) is 83.5 Å². The molecule has 1 amide bonds. The standard InChI is InChI=1S/C20H34F6N2O2/c21-19(22,23)17(29)13-10-8-6-4-2-1-3-5-7-9-11-14-27-15-12-16-28-18(30)20(24,25)26/h27H,1-16H2,(H,28,30). The number of halogens is 6. The predicted octanol–water partition coefficient (Wildman–Crippen LogP) is 5.46. The summed E-state index contributed by atoms with van der Waals surface area (Å²) in [4.78, 5) is 21.3. The Morgan fingerprint density at radius 1 is 0.533 bits per heavy atom. The van der Waals surface area contributed by atoms with Crippen molar-refractivity contribution in [1.29, 1.82) is 0 Å². The van der Waals surface area contributed by atoms with Crippen molar-refractivity contribution in [3.8, 4) is 0 Å². The molecule has 0 radical (unpaired) electrons. The lowest BCUT2D eigenvalue weighted by Gasteiger charge is -2.08. The maximum absolute atomic E-state index is 12.0. The van der Waals surface area contributed by atoms with Crippen LogP contribution in [-0.2, 0) is 9.59 Å². The van der Waals surface area contributed by atoms with Gasteiger partial charge in [-0.2, -0.15) is 26.3 Å². The summed E-state index contributed by atoms with van der Waals surface area (Å²) in [5.74, 6) is -3.54. The Labute approximate surface area is 174 Å². The smallest absolute Gasteiger partial charge is 0.348 e. The molecule has 2 N–H and O–H groups in total. The average molecular weight is 448 g/mol. The van der Waals surface area contributed by atoms with Crippen molar-refractivity contribution >= 4 is 11.7 Å². The van der Waals surface area contributed by atoms with E-state index in [0.717, 1.165) is 64.3 Å². The van der Waals surface area contributed by atoms with E-state index in [1.165, 1.54) is 0 Å². The largest absolute Gasteiger partial charge is 0.471 e. The van der Waals surface area contributed by atoms with Crippen molar-refractivity contribution in [3.63, 3.8) is 0 Å². The van der Waals surface area contributed by atoms with Crippen LogP contribution >= 0.6 is 0 Å². The number of hydrogen-bond donors (Lipinski definition) is 2. The number of hydrogen-bond acceptors (Lipinski definition) is 3. The summed E-state index contributed by atoms with van der Waals surface area (Å²) in [6, 6.07) is 0. The number of carbonyl (C=O) groups excluding carboxylic acids is 2. The lowest BCUT2D eigenvalue weighted by atomic mass is 10.0. The summed E-state index contributed by atoms with van der Waals surface area (Å²) >= 11 is 0. The molecule has 0 saturated carbocycles. The fourth-order valence-electron chi connectivity index (χ4n) is 2.91. The van der Waals surface area contributed by atoms with E-state index in [9.17, 15) is 35.9 Å². The molecule has 0 unspecified atom stereocenters. The second-order valence-corrected chi connectivity index (χ2v) is 7.42. The van der Waals surface area contributed by atoms with E-state index >= 15 is 0 Å². The van der Waals surface area contributed by atoms with E-state index < -0.39 is 30.5 Å². The van der Waals surface area contributed by atoms with E-state index in [2.05, 4.69) is 5.32 Å². The maximum atomic E-state index is 12.0. The van der Waals surface area contributed by atoms with Gasteiger partial charge in [-0.1, -0.05) is 57.8 Å². The van der Waals surface area contributed by atoms with E-state index in [0.29, 0.717) is 25.8 Å². The Morgan fingerprint density at radius 3 is 1.43 bits per heavy atom. The summed E-state index contributed by atoms with van der Waals surface area (Å²) in [6.07, 6.45) is 0.893. The molecule has 4 nitrogen and oxygen atoms in total. The lowest BCUT2D eigenvalue weighted by Crippen LogP contribution is -2.38. The van der Waals surface area contributed by atoms with Crippen LogP contribution in [0.5, 0.6) is 0 Å². The zero-order chi connectivity index (χ0) is 22.9. The van der Waals surface area contributed by atoms with Crippen LogP contribution in [0, 0.1) is 0 Å². The summed E-state index contributed by atoms with van der Waals surface area (Å²) in [5, 5.41) is 4.96. The van der Waals surface area contributed by atoms with Crippen molar-refractivity contribution in [3.05, 3.63) is 0 Å². The molecule has 0 aromatic carbocycles. The fourth-order valence-corrected chi connectivity index (χ4v) is 2.91. The maximum Gasteiger partial charge on any atom is 0.471 e. The van der Waals surface area contributed by atoms with Crippen LogP contribution in [0.4, 0.5) is 26.3 Å². The number of ketones is 1. The summed E-state index contributed by atoms with van der Waals surface area (Å²) < 4.78 is 71.9. The molecule has 10 heteroatoms. The van der Waals surface area contributed by atoms with E-state index in [1.807, 2.05) is 5.32 Å². The highest BCUT2D eigenvalue weighted by Gasteiger charge is 2.38. The Bertz CT molecular complexity index is 425. The first kappa shape index (κ1) is 28.7. The molecule has 30 heavy (non-hydrogen) atoms. The van der Waals surface area contributed by atoms with Crippen LogP contribution in [-0.4, -0.2) is 43.7 Å². The van der Waals surface area contributed by atoms with Gasteiger partial charge in [-0.3, -0.25) is 9.59 Å². The molecule has 0 aromatic heterocycles. The summed E-state index contributed by atoms with van der Waals surface area (Å²) in [6.45, 7) is 1.35. The normalized spacial score (nSPS) is 12.2. The Hall–Kier alpha value is -1.32. The molecular formula is C20H34F6N2O2. The van der Waals surface area contributed by atoms with Gasteiger partial charge in [-0.05, 0) is 32.4 Å². The van der Waals surface area contributed by atoms with E-state index in [1.54, 1.807) is 0 Å². The third-order valence-corrected chi connectivity index (χ3v) is 4.65. The third-order valence-electron chi connectivity index (χ3n) is 4.65. The molecule has 0 aromatic rings. The van der Waals surface area contributed by atoms with Crippen molar-refractivity contribution in [2.24, 2.45) is 0 Å². The third kappa shape index (κ3) is 17.5. The molecule has 0 saturated heterocycles. The van der Waals surface area contributed by atoms with Gasteiger partial charge in [-0.25, -0.2) is 0 Å². The topological polar surface area (TPSA) is 58.2 Å². The molecule has 0 aliphatic heterocycles. The monoisotopic (exact) mass is 448 g/mol. The van der Waals surface area contributed by atoms with Crippen molar-refractivity contribution in [2.75, 3.05) is 19.6 Å². The number of nitrogens with one attached hydrogen (secondary N) is 2. The van der Waals surface area contributed by atoms with Gasteiger partial charge in [0, 0.05) is 13.0 Å². The van der Waals surface area contributed by atoms with Gasteiger partial charge in [0.1, 0.15) is 0 Å². The molecular weight excluding hydrogens is 414 g/mol. The first-order valence-corrected chi connectivity index (χ1v) is 10.7. The van der Waals surface area contributed by atoms with Gasteiger partial charge in [0.05, 0.1) is 0 Å². The molecule has 0 atom stereocenters. The van der Waals surface area contributed by atoms with Gasteiger partial charge in [0.25, 0.3) is 0 Å². The number of unbranched alkanes of at least 4 members (excludes halogenated alkanes) is 10. The minimum Gasteiger partial charge on any atom is -0.348 e. The second kappa shape index (κ2) is 16.4. The first-order valence-electron chi connectivity index (χ1n) is 10.7. The molecule has 0 heterocycles. The molecule has 178 valence electrons. The predicted molar refractivity (Wildman–Crippen MR) is 103 cm³/mol. The second-order valence-electron chi connectivity index (χ2n) is 7.42. The summed E-state index contributed by atoms with van der Waals surface area (Å²) in [7, 11) is 0. The Balaban J connectivity index is 3.22. The summed E-state index contributed by atoms with van der Waals surface area (Å²) in [5.41, 5.74) is 0. The van der Waals surface area contributed by atoms with Gasteiger partial charge in [0.15, 0.2) is 0 Å². The number of alkyl halides is 6. The lowest BCUT2D eigenvalue weighted by molar-refractivity contribution is -0.173. The minimum absolute atomic E-state index is 0.00295. The fraction of sp³-hybridized carbons (Fsp3) is 0.900. The molecule has 0 bridgehead atoms. The van der Waals surface area contributed by atoms with Crippen LogP contribution in [0.2, 0.25) is 0 Å². The van der Waals surface area contributed by atoms with Crippen molar-refractivity contribution < 1.29 is 35.9 Å². The van der Waals surface area contributed by atoms with Gasteiger partial charge in [0.2, 0.25) is 5.78 Å². The zero-order valence-corrected chi connectivity index (χ0v) is 17.4. The highest BCUT2D eigenvalue weighted by atomic mass is 19.4. The highest BCUT2D eigenvalue weighted by molar-refractivity contribution is 5.83. The Morgan fingerprint density at radius 2 is 0.967 bits per heavy atom. The van der Waals surface area contributed by atoms with Crippen LogP contribution in [0.3, 0.4) is 0 Å². The van der Waals surface area contributed by atoms with Crippen LogP contribution in [0.15, 0.2) is 0 Å². The number of carbonyl (C=O) groups is 2. The average Bonchev–Trinajstić information content (AvgIpc) is 2.65. The number of Topliss-reactive ketones (excluding diaryl/α,β-unsaturated/α-hetero) is 1. The number of rotatable bonds is 18.